The van der Waals surface area contributed by atoms with E-state index < -0.39 is 11.7 Å². The van der Waals surface area contributed by atoms with Crippen LogP contribution in [0.1, 0.15) is 24.8 Å². The monoisotopic (exact) mass is 286 g/mol. The smallest absolute Gasteiger partial charge is 0.381 e. The van der Waals surface area contributed by atoms with Gasteiger partial charge in [-0.3, -0.25) is 0 Å². The molecule has 2 aliphatic heterocycles. The molecule has 0 radical (unpaired) electrons. The fourth-order valence-corrected chi connectivity index (χ4v) is 3.22. The average molecular weight is 286 g/mol. The van der Waals surface area contributed by atoms with Crippen molar-refractivity contribution in [3.05, 3.63) is 23.9 Å². The van der Waals surface area contributed by atoms with Gasteiger partial charge in [0.15, 0.2) is 0 Å². The van der Waals surface area contributed by atoms with Crippen molar-refractivity contribution < 1.29 is 17.9 Å². The van der Waals surface area contributed by atoms with E-state index in [1.54, 1.807) is 4.90 Å². The summed E-state index contributed by atoms with van der Waals surface area (Å²) in [5, 5.41) is 0. The molecule has 1 aromatic rings. The Hall–Kier alpha value is -1.30. The number of hydrogen-bond donors (Lipinski definition) is 0. The second-order valence-electron chi connectivity index (χ2n) is 5.70. The van der Waals surface area contributed by atoms with Crippen LogP contribution in [0.3, 0.4) is 0 Å². The Labute approximate surface area is 115 Å². The second kappa shape index (κ2) is 4.91. The Morgan fingerprint density at radius 2 is 2.15 bits per heavy atom. The standard InChI is InChI=1S/C14H17F3N2O/c15-14(16,17)11-3-1-6-18-12(11)19-7-5-13(9-19)4-2-8-20-10-13/h1,3,6H,2,4-5,7-10H2. The van der Waals surface area contributed by atoms with Crippen LogP contribution in [0.5, 0.6) is 0 Å². The SMILES string of the molecule is FC(F)(F)c1cccnc1N1CCC2(CCCOC2)C1. The predicted octanol–water partition coefficient (Wildman–Crippen LogP) is 3.11. The van der Waals surface area contributed by atoms with E-state index in [2.05, 4.69) is 4.98 Å². The topological polar surface area (TPSA) is 25.4 Å². The summed E-state index contributed by atoms with van der Waals surface area (Å²) in [6.45, 7) is 2.63. The Balaban J connectivity index is 1.84. The van der Waals surface area contributed by atoms with Crippen LogP contribution in [-0.4, -0.2) is 31.3 Å². The molecule has 1 unspecified atom stereocenters. The highest BCUT2D eigenvalue weighted by atomic mass is 19.4. The summed E-state index contributed by atoms with van der Waals surface area (Å²) >= 11 is 0. The Kier molecular flexibility index (Phi) is 3.36. The molecule has 3 rings (SSSR count). The number of anilines is 1. The lowest BCUT2D eigenvalue weighted by atomic mass is 9.82. The molecule has 3 heterocycles. The Morgan fingerprint density at radius 1 is 1.30 bits per heavy atom. The molecule has 0 saturated carbocycles. The summed E-state index contributed by atoms with van der Waals surface area (Å²) in [7, 11) is 0. The highest BCUT2D eigenvalue weighted by Gasteiger charge is 2.43. The summed E-state index contributed by atoms with van der Waals surface area (Å²) in [6, 6.07) is 2.44. The fourth-order valence-electron chi connectivity index (χ4n) is 3.22. The van der Waals surface area contributed by atoms with Crippen LogP contribution in [0.15, 0.2) is 18.3 Å². The number of rotatable bonds is 1. The first-order valence-electron chi connectivity index (χ1n) is 6.85. The van der Waals surface area contributed by atoms with Gasteiger partial charge in [0.2, 0.25) is 0 Å². The average Bonchev–Trinajstić information content (AvgIpc) is 2.82. The van der Waals surface area contributed by atoms with E-state index in [4.69, 9.17) is 4.74 Å². The van der Waals surface area contributed by atoms with Gasteiger partial charge in [-0.15, -0.1) is 0 Å². The van der Waals surface area contributed by atoms with E-state index in [1.807, 2.05) is 0 Å². The van der Waals surface area contributed by atoms with Crippen molar-refractivity contribution in [2.45, 2.75) is 25.4 Å². The van der Waals surface area contributed by atoms with Gasteiger partial charge in [0, 0.05) is 31.3 Å². The lowest BCUT2D eigenvalue weighted by Crippen LogP contribution is -2.35. The van der Waals surface area contributed by atoms with Gasteiger partial charge < -0.3 is 9.64 Å². The highest BCUT2D eigenvalue weighted by Crippen LogP contribution is 2.42. The predicted molar refractivity (Wildman–Crippen MR) is 68.6 cm³/mol. The van der Waals surface area contributed by atoms with Gasteiger partial charge in [-0.1, -0.05) is 0 Å². The molecule has 2 saturated heterocycles. The van der Waals surface area contributed by atoms with Crippen molar-refractivity contribution >= 4 is 5.82 Å². The van der Waals surface area contributed by atoms with Gasteiger partial charge in [-0.05, 0) is 31.4 Å². The lowest BCUT2D eigenvalue weighted by molar-refractivity contribution is -0.137. The fraction of sp³-hybridized carbons (Fsp3) is 0.643. The molecule has 1 spiro atoms. The van der Waals surface area contributed by atoms with Crippen molar-refractivity contribution in [2.75, 3.05) is 31.2 Å². The maximum Gasteiger partial charge on any atom is 0.419 e. The maximum atomic E-state index is 13.0. The van der Waals surface area contributed by atoms with Crippen molar-refractivity contribution in [1.29, 1.82) is 0 Å². The first-order chi connectivity index (χ1) is 9.50. The zero-order chi connectivity index (χ0) is 14.2. The summed E-state index contributed by atoms with van der Waals surface area (Å²) in [5.74, 6) is 0.0578. The molecule has 3 nitrogen and oxygen atoms in total. The normalized spacial score (nSPS) is 27.2. The lowest BCUT2D eigenvalue weighted by Gasteiger charge is -2.33. The third-order valence-corrected chi connectivity index (χ3v) is 4.23. The van der Waals surface area contributed by atoms with Gasteiger partial charge >= 0.3 is 6.18 Å². The van der Waals surface area contributed by atoms with E-state index >= 15 is 0 Å². The third-order valence-electron chi connectivity index (χ3n) is 4.23. The second-order valence-corrected chi connectivity index (χ2v) is 5.70. The molecule has 0 N–H and O–H groups in total. The van der Waals surface area contributed by atoms with Crippen LogP contribution < -0.4 is 4.90 Å². The van der Waals surface area contributed by atoms with Crippen LogP contribution in [0.2, 0.25) is 0 Å². The van der Waals surface area contributed by atoms with Crippen LogP contribution in [-0.2, 0) is 10.9 Å². The number of aromatic nitrogens is 1. The molecule has 1 atom stereocenters. The van der Waals surface area contributed by atoms with E-state index in [0.717, 1.165) is 31.9 Å². The number of nitrogens with zero attached hydrogens (tertiary/aromatic N) is 2. The van der Waals surface area contributed by atoms with Crippen LogP contribution in [0.25, 0.3) is 0 Å². The highest BCUT2D eigenvalue weighted by molar-refractivity contribution is 5.49. The molecule has 0 amide bonds. The van der Waals surface area contributed by atoms with E-state index in [-0.39, 0.29) is 11.2 Å². The summed E-state index contributed by atoms with van der Waals surface area (Å²) in [6.07, 6.45) is -0.0455. The van der Waals surface area contributed by atoms with Crippen molar-refractivity contribution in [3.63, 3.8) is 0 Å². The first kappa shape index (κ1) is 13.7. The molecule has 1 aromatic heterocycles. The van der Waals surface area contributed by atoms with E-state index in [1.165, 1.54) is 12.3 Å². The Morgan fingerprint density at radius 3 is 2.85 bits per heavy atom. The molecule has 6 heteroatoms. The van der Waals surface area contributed by atoms with Crippen molar-refractivity contribution in [3.8, 4) is 0 Å². The van der Waals surface area contributed by atoms with Crippen LogP contribution in [0.4, 0.5) is 19.0 Å². The zero-order valence-corrected chi connectivity index (χ0v) is 11.1. The van der Waals surface area contributed by atoms with Crippen molar-refractivity contribution in [1.82, 2.24) is 4.98 Å². The van der Waals surface area contributed by atoms with Crippen molar-refractivity contribution in [2.24, 2.45) is 5.41 Å². The number of pyridine rings is 1. The molecular formula is C14H17F3N2O. The molecule has 2 aliphatic rings. The zero-order valence-electron chi connectivity index (χ0n) is 11.1. The van der Waals surface area contributed by atoms with Gasteiger partial charge in [-0.2, -0.15) is 13.2 Å². The minimum absolute atomic E-state index is 0.0125. The van der Waals surface area contributed by atoms with Gasteiger partial charge in [-0.25, -0.2) is 4.98 Å². The van der Waals surface area contributed by atoms with E-state index in [0.29, 0.717) is 19.7 Å². The third kappa shape index (κ3) is 2.49. The van der Waals surface area contributed by atoms with Crippen LogP contribution in [0, 0.1) is 5.41 Å². The number of ether oxygens (including phenoxy) is 1. The quantitative estimate of drug-likeness (QED) is 0.793. The molecule has 2 fully saturated rings. The summed E-state index contributed by atoms with van der Waals surface area (Å²) in [5.41, 5.74) is -0.632. The minimum Gasteiger partial charge on any atom is -0.381 e. The number of hydrogen-bond acceptors (Lipinski definition) is 3. The molecule has 0 bridgehead atoms. The molecular weight excluding hydrogens is 269 g/mol. The maximum absolute atomic E-state index is 13.0. The minimum atomic E-state index is -4.36. The summed E-state index contributed by atoms with van der Waals surface area (Å²) in [4.78, 5) is 5.73. The number of alkyl halides is 3. The molecule has 0 aliphatic carbocycles. The van der Waals surface area contributed by atoms with Gasteiger partial charge in [0.1, 0.15) is 5.82 Å². The first-order valence-corrected chi connectivity index (χ1v) is 6.85. The molecule has 20 heavy (non-hydrogen) atoms. The molecule has 0 aromatic carbocycles. The summed E-state index contributed by atoms with van der Waals surface area (Å²) < 4.78 is 44.7. The van der Waals surface area contributed by atoms with E-state index in [9.17, 15) is 13.2 Å². The largest absolute Gasteiger partial charge is 0.419 e. The molecule has 110 valence electrons. The Bertz CT molecular complexity index is 484. The van der Waals surface area contributed by atoms with Gasteiger partial charge in [0.25, 0.3) is 0 Å². The van der Waals surface area contributed by atoms with Crippen LogP contribution >= 0.6 is 0 Å². The van der Waals surface area contributed by atoms with Gasteiger partial charge in [0.05, 0.1) is 12.2 Å². The number of halogens is 3.